The fourth-order valence-corrected chi connectivity index (χ4v) is 20.9. The second kappa shape index (κ2) is 37.3. The van der Waals surface area contributed by atoms with Crippen molar-refractivity contribution in [2.45, 2.75) is 390 Å². The van der Waals surface area contributed by atoms with Crippen LogP contribution in [0.15, 0.2) is 35.5 Å². The number of esters is 5. The Morgan fingerprint density at radius 1 is 0.456 bits per heavy atom. The molecule has 0 amide bonds. The highest BCUT2D eigenvalue weighted by Gasteiger charge is 2.61. The second-order valence-corrected chi connectivity index (χ2v) is 36.9. The topological polar surface area (TPSA) is 276 Å². The summed E-state index contributed by atoms with van der Waals surface area (Å²) in [5.41, 5.74) is 9.07. The van der Waals surface area contributed by atoms with Gasteiger partial charge in [-0.25, -0.2) is 0 Å². The molecule has 0 aromatic carbocycles. The number of carboxylic acid groups (broad SMARTS) is 1. The molecule has 9 saturated carbocycles. The molecule has 0 saturated heterocycles. The van der Waals surface area contributed by atoms with Gasteiger partial charge in [-0.05, 0) is 305 Å². The summed E-state index contributed by atoms with van der Waals surface area (Å²) < 4.78 is 25.2. The van der Waals surface area contributed by atoms with Gasteiger partial charge in [0, 0.05) is 19.3 Å². The van der Waals surface area contributed by atoms with E-state index in [0.717, 1.165) is 152 Å². The zero-order valence-electron chi connectivity index (χ0n) is 67.4. The van der Waals surface area contributed by atoms with Crippen LogP contribution in [-0.4, -0.2) is 103 Å². The molecule has 17 nitrogen and oxygen atoms in total. The smallest absolute Gasteiger partial charge is 0.322 e. The van der Waals surface area contributed by atoms with E-state index in [1.165, 1.54) is 95.8 Å². The minimum absolute atomic E-state index is 0.00921. The maximum absolute atomic E-state index is 12.0. The van der Waals surface area contributed by atoms with Gasteiger partial charge >= 0.3 is 35.8 Å². The van der Waals surface area contributed by atoms with Crippen molar-refractivity contribution < 1.29 is 78.0 Å². The standard InChI is InChI=1S/C23H40O3.C22H39NO3.C19H34O2.3C6H8O2.C4H8O2/c1-6-17-14-19(26-20(24)16(2)3)9-13-22(17,5)18-8-12-21(4)10-7-11-23(21,25)15-18;1-5-16-13-18(26-19(24)15(2)23)8-12-21(16,4)17-7-11-20(3)9-6-10-22(20,25)14-17;1-4-14-12-16(20)7-11-18(14,3)15-6-10-17(2)8-5-9-19(17,21)13-15;3*1-5-2-3-6(7)8-4-5;1-3(2)4(5)6/h16-19,25H,6-15H2,1-5H3;15-18,25H,5-14,23H2,1-4H3;14-16,20-21H,4-13H2,1-3H3;3*4H,2-3H2,1H3;3H,1-2H3,(H,5,6)/t17-,18+,19+,21+,22+,23+;15-,16-,17+,18+,20+,21+,22+;14-,15+,16+,17+,18+,19+;;;;/m111..../s1. The number of nitrogens with two attached hydrogens (primary N) is 1. The fraction of sp³-hybridized carbons (Fsp3) is 0.860. The summed E-state index contributed by atoms with van der Waals surface area (Å²) >= 11 is 0. The number of aliphatic hydroxyl groups is 4. The lowest BCUT2D eigenvalue weighted by Gasteiger charge is -2.55. The van der Waals surface area contributed by atoms with Gasteiger partial charge in [0.2, 0.25) is 0 Å². The normalized spacial score (nSPS) is 39.8. The van der Waals surface area contributed by atoms with E-state index in [4.69, 9.17) is 20.3 Å². The monoisotopic (exact) mass is 1450 g/mol. The number of cyclic esters (lactones) is 3. The summed E-state index contributed by atoms with van der Waals surface area (Å²) in [7, 11) is 0. The Hall–Kier alpha value is -4.16. The number of aliphatic hydroxyl groups excluding tert-OH is 1. The Morgan fingerprint density at radius 3 is 1.02 bits per heavy atom. The van der Waals surface area contributed by atoms with Crippen LogP contribution in [0.4, 0.5) is 0 Å². The zero-order chi connectivity index (χ0) is 76.7. The van der Waals surface area contributed by atoms with Gasteiger partial charge in [0.25, 0.3) is 0 Å². The van der Waals surface area contributed by atoms with E-state index in [0.29, 0.717) is 60.2 Å². The van der Waals surface area contributed by atoms with Gasteiger partial charge in [0.05, 0.1) is 53.5 Å². The van der Waals surface area contributed by atoms with E-state index >= 15 is 0 Å². The number of ether oxygens (including phenoxy) is 5. The van der Waals surface area contributed by atoms with Crippen LogP contribution in [0.25, 0.3) is 0 Å². The molecule has 0 aromatic heterocycles. The highest BCUT2D eigenvalue weighted by atomic mass is 16.6. The third-order valence-electron chi connectivity index (χ3n) is 29.2. The van der Waals surface area contributed by atoms with Crippen molar-refractivity contribution >= 4 is 35.8 Å². The first-order valence-corrected chi connectivity index (χ1v) is 40.9. The molecule has 9 fully saturated rings. The first kappa shape index (κ1) is 87.7. The van der Waals surface area contributed by atoms with Crippen LogP contribution in [0, 0.1) is 79.8 Å². The lowest BCUT2D eigenvalue weighted by Crippen LogP contribution is -2.52. The number of carboxylic acids is 1. The summed E-state index contributed by atoms with van der Waals surface area (Å²) in [5.74, 6) is 1.88. The Balaban J connectivity index is 0.000000202. The van der Waals surface area contributed by atoms with E-state index in [1.54, 1.807) is 20.8 Å². The highest BCUT2D eigenvalue weighted by Crippen LogP contribution is 2.65. The molecule has 17 heteroatoms. The van der Waals surface area contributed by atoms with Crippen molar-refractivity contribution in [3.05, 3.63) is 35.5 Å². The Bertz CT molecular complexity index is 2740. The highest BCUT2D eigenvalue weighted by molar-refractivity contribution is 5.75. The minimum Gasteiger partial charge on any atom is -0.481 e. The molecule has 103 heavy (non-hydrogen) atoms. The van der Waals surface area contributed by atoms with Crippen molar-refractivity contribution in [3.8, 4) is 0 Å². The Kier molecular flexibility index (Phi) is 31.8. The summed E-state index contributed by atoms with van der Waals surface area (Å²) in [6.07, 6.45) is 41.7. The molecular formula is C86H145NO16. The molecular weight excluding hydrogens is 1300 g/mol. The summed E-state index contributed by atoms with van der Waals surface area (Å²) in [6.45, 7) is 35.8. The van der Waals surface area contributed by atoms with E-state index < -0.39 is 28.8 Å². The van der Waals surface area contributed by atoms with E-state index in [9.17, 15) is 49.2 Å². The number of carbonyl (C=O) groups excluding carboxylic acids is 5. The van der Waals surface area contributed by atoms with Crippen molar-refractivity contribution in [2.24, 2.45) is 85.6 Å². The van der Waals surface area contributed by atoms with Crippen LogP contribution in [-0.2, 0) is 52.5 Å². The van der Waals surface area contributed by atoms with Gasteiger partial charge in [-0.1, -0.05) is 109 Å². The van der Waals surface area contributed by atoms with Crippen molar-refractivity contribution in [1.29, 1.82) is 0 Å². The predicted octanol–water partition coefficient (Wildman–Crippen LogP) is 18.4. The van der Waals surface area contributed by atoms with Crippen LogP contribution >= 0.6 is 0 Å². The van der Waals surface area contributed by atoms with Crippen LogP contribution in [0.2, 0.25) is 0 Å². The van der Waals surface area contributed by atoms with Gasteiger partial charge in [-0.2, -0.15) is 0 Å². The van der Waals surface area contributed by atoms with Crippen LogP contribution < -0.4 is 5.73 Å². The molecule has 0 spiro atoms. The van der Waals surface area contributed by atoms with Crippen molar-refractivity contribution in [1.82, 2.24) is 0 Å². The van der Waals surface area contributed by atoms with Crippen molar-refractivity contribution in [3.63, 3.8) is 0 Å². The largest absolute Gasteiger partial charge is 0.481 e. The number of aliphatic carboxylic acids is 1. The molecule has 12 rings (SSSR count). The molecule has 0 aromatic rings. The van der Waals surface area contributed by atoms with E-state index in [-0.39, 0.29) is 87.1 Å². The van der Waals surface area contributed by atoms with E-state index in [1.807, 2.05) is 34.6 Å². The molecule has 3 heterocycles. The average Bonchev–Trinajstić information content (AvgIpc) is 1.68. The first-order valence-electron chi connectivity index (χ1n) is 40.9. The number of fused-ring (bicyclic) bond motifs is 3. The summed E-state index contributed by atoms with van der Waals surface area (Å²) in [6, 6.07) is -0.545. The van der Waals surface area contributed by atoms with Gasteiger partial charge in [-0.3, -0.25) is 28.8 Å². The minimum atomic E-state index is -0.741. The number of carbonyl (C=O) groups is 6. The fourth-order valence-electron chi connectivity index (χ4n) is 20.9. The van der Waals surface area contributed by atoms with Gasteiger partial charge in [0.15, 0.2) is 0 Å². The quantitative estimate of drug-likeness (QED) is 0.0828. The number of rotatable bonds is 11. The maximum atomic E-state index is 12.0. The van der Waals surface area contributed by atoms with Crippen molar-refractivity contribution in [2.75, 3.05) is 0 Å². The molecule has 0 unspecified atom stereocenters. The molecule has 0 bridgehead atoms. The van der Waals surface area contributed by atoms with Crippen LogP contribution in [0.1, 0.15) is 349 Å². The second-order valence-electron chi connectivity index (χ2n) is 36.9. The molecule has 19 atom stereocenters. The zero-order valence-corrected chi connectivity index (χ0v) is 67.4. The molecule has 7 N–H and O–H groups in total. The molecule has 590 valence electrons. The first-order chi connectivity index (χ1) is 48.1. The molecule has 0 radical (unpaired) electrons. The number of allylic oxidation sites excluding steroid dienone is 3. The number of hydrogen-bond donors (Lipinski definition) is 6. The lowest BCUT2D eigenvalue weighted by atomic mass is 9.52. The number of hydrogen-bond acceptors (Lipinski definition) is 16. The third kappa shape index (κ3) is 22.1. The molecule has 3 aliphatic heterocycles. The summed E-state index contributed by atoms with van der Waals surface area (Å²) in [5, 5.41) is 52.1. The molecule has 12 aliphatic rings. The Labute approximate surface area is 622 Å². The lowest BCUT2D eigenvalue weighted by molar-refractivity contribution is -0.163. The predicted molar refractivity (Wildman–Crippen MR) is 404 cm³/mol. The van der Waals surface area contributed by atoms with Gasteiger partial charge in [0.1, 0.15) is 18.2 Å². The third-order valence-corrected chi connectivity index (χ3v) is 29.2. The maximum Gasteiger partial charge on any atom is 0.322 e. The average molecular weight is 1450 g/mol. The van der Waals surface area contributed by atoms with Crippen LogP contribution in [0.5, 0.6) is 0 Å². The Morgan fingerprint density at radius 2 is 0.757 bits per heavy atom. The summed E-state index contributed by atoms with van der Waals surface area (Å²) in [4.78, 5) is 64.6. The molecule has 9 aliphatic carbocycles. The van der Waals surface area contributed by atoms with Gasteiger partial charge < -0.3 is 55.0 Å². The van der Waals surface area contributed by atoms with E-state index in [2.05, 4.69) is 76.5 Å². The van der Waals surface area contributed by atoms with Gasteiger partial charge in [-0.15, -0.1) is 0 Å². The SMILES string of the molecule is CC(C)C(=O)O.CC1=COC(=O)CC1.CC1=COC(=O)CC1.CC1=COC(=O)CC1.CC[C@@H]1C[C@@H](O)CC[C@]1(C)[C@H]1CC[C@]2(C)CCC[C@]2(O)C1.CC[C@@H]1C[C@@H](OC(=O)C(C)C)CC[C@]1(C)[C@H]1CC[C@]2(C)CCC[C@]2(O)C1.CC[C@@H]1C[C@@H](OC(=O)[C@@H](C)N)CC[C@]1(C)[C@H]1CC[C@]2(C)CCC[C@]2(O)C1. The van der Waals surface area contributed by atoms with Crippen LogP contribution in [0.3, 0.4) is 0 Å².